The quantitative estimate of drug-likeness (QED) is 0.712. The summed E-state index contributed by atoms with van der Waals surface area (Å²) >= 11 is 0. The first kappa shape index (κ1) is 14.9. The highest BCUT2D eigenvalue weighted by Crippen LogP contribution is 2.11. The number of ether oxygens (including phenoxy) is 2. The van der Waals surface area contributed by atoms with Crippen molar-refractivity contribution in [3.8, 4) is 0 Å². The van der Waals surface area contributed by atoms with Crippen LogP contribution in [0.3, 0.4) is 0 Å². The van der Waals surface area contributed by atoms with Crippen molar-refractivity contribution in [1.29, 1.82) is 0 Å². The lowest BCUT2D eigenvalue weighted by molar-refractivity contribution is -0.102. The van der Waals surface area contributed by atoms with Gasteiger partial charge in [0.05, 0.1) is 25.9 Å². The van der Waals surface area contributed by atoms with Gasteiger partial charge in [0.2, 0.25) is 0 Å². The van der Waals surface area contributed by atoms with E-state index in [1.54, 1.807) is 0 Å². The van der Waals surface area contributed by atoms with Crippen molar-refractivity contribution >= 4 is 9.84 Å². The van der Waals surface area contributed by atoms with Gasteiger partial charge in [-0.05, 0) is 19.4 Å². The molecule has 2 unspecified atom stereocenters. The van der Waals surface area contributed by atoms with E-state index in [9.17, 15) is 8.42 Å². The molecule has 0 bridgehead atoms. The number of hydrogen-bond acceptors (Lipinski definition) is 5. The van der Waals surface area contributed by atoms with Crippen LogP contribution in [0.25, 0.3) is 0 Å². The van der Waals surface area contributed by atoms with Crippen LogP contribution < -0.4 is 5.32 Å². The fraction of sp³-hybridized carbons (Fsp3) is 1.00. The van der Waals surface area contributed by atoms with Crippen LogP contribution in [0, 0.1) is 0 Å². The zero-order chi connectivity index (χ0) is 12.7. The number of rotatable bonds is 7. The molecule has 0 saturated carbocycles. The van der Waals surface area contributed by atoms with Crippen LogP contribution in [0.4, 0.5) is 0 Å². The standard InChI is InChI=1S/C11H23NO4S/c1-3-12-10(5-4-8-17(2,13)14)11-9-15-6-7-16-11/h10-12H,3-9H2,1-2H3. The average Bonchev–Trinajstić information content (AvgIpc) is 2.27. The van der Waals surface area contributed by atoms with Gasteiger partial charge in [0.1, 0.15) is 9.84 Å². The summed E-state index contributed by atoms with van der Waals surface area (Å²) in [5, 5.41) is 3.34. The van der Waals surface area contributed by atoms with E-state index in [0.717, 1.165) is 13.0 Å². The van der Waals surface area contributed by atoms with Gasteiger partial charge in [-0.25, -0.2) is 8.42 Å². The molecule has 5 nitrogen and oxygen atoms in total. The Balaban J connectivity index is 2.36. The normalized spacial score (nSPS) is 23.5. The van der Waals surface area contributed by atoms with Gasteiger partial charge in [-0.2, -0.15) is 0 Å². The van der Waals surface area contributed by atoms with Crippen LogP contribution in [-0.2, 0) is 19.3 Å². The summed E-state index contributed by atoms with van der Waals surface area (Å²) in [6, 6.07) is 0.182. The van der Waals surface area contributed by atoms with Crippen molar-refractivity contribution in [2.75, 3.05) is 38.4 Å². The van der Waals surface area contributed by atoms with E-state index in [-0.39, 0.29) is 17.9 Å². The van der Waals surface area contributed by atoms with Crippen LogP contribution in [0.1, 0.15) is 19.8 Å². The smallest absolute Gasteiger partial charge is 0.147 e. The maximum absolute atomic E-state index is 11.1. The van der Waals surface area contributed by atoms with E-state index in [1.165, 1.54) is 6.26 Å². The molecule has 0 aromatic rings. The molecule has 0 aliphatic carbocycles. The summed E-state index contributed by atoms with van der Waals surface area (Å²) in [7, 11) is -2.87. The summed E-state index contributed by atoms with van der Waals surface area (Å²) in [6.45, 7) is 4.75. The predicted octanol–water partition coefficient (Wildman–Crippen LogP) is 0.205. The molecule has 0 aromatic heterocycles. The molecule has 1 fully saturated rings. The van der Waals surface area contributed by atoms with Gasteiger partial charge in [0.15, 0.2) is 0 Å². The van der Waals surface area contributed by atoms with Crippen LogP contribution in [0.15, 0.2) is 0 Å². The SMILES string of the molecule is CCNC(CCCS(C)(=O)=O)C1COCCO1. The molecule has 1 N–H and O–H groups in total. The van der Waals surface area contributed by atoms with Crippen LogP contribution in [-0.4, -0.2) is 58.9 Å². The minimum Gasteiger partial charge on any atom is -0.376 e. The number of sulfone groups is 1. The Kier molecular flexibility index (Phi) is 6.40. The summed E-state index contributed by atoms with van der Waals surface area (Å²) < 4.78 is 33.2. The summed E-state index contributed by atoms with van der Waals surface area (Å²) in [6.07, 6.45) is 2.78. The largest absolute Gasteiger partial charge is 0.376 e. The molecule has 17 heavy (non-hydrogen) atoms. The van der Waals surface area contributed by atoms with Crippen molar-refractivity contribution in [1.82, 2.24) is 5.32 Å². The molecule has 0 radical (unpaired) electrons. The molecule has 1 aliphatic heterocycles. The molecule has 0 aromatic carbocycles. The molecule has 1 rings (SSSR count). The van der Waals surface area contributed by atoms with Gasteiger partial charge in [0.25, 0.3) is 0 Å². The number of nitrogens with one attached hydrogen (secondary N) is 1. The van der Waals surface area contributed by atoms with Gasteiger partial charge in [-0.15, -0.1) is 0 Å². The lowest BCUT2D eigenvalue weighted by Crippen LogP contribution is -2.46. The highest BCUT2D eigenvalue weighted by Gasteiger charge is 2.24. The lowest BCUT2D eigenvalue weighted by atomic mass is 10.1. The van der Waals surface area contributed by atoms with Crippen molar-refractivity contribution in [2.24, 2.45) is 0 Å². The lowest BCUT2D eigenvalue weighted by Gasteiger charge is -2.31. The van der Waals surface area contributed by atoms with E-state index >= 15 is 0 Å². The Hall–Kier alpha value is -0.170. The third-order valence-electron chi connectivity index (χ3n) is 2.79. The third-order valence-corrected chi connectivity index (χ3v) is 3.82. The molecule has 1 heterocycles. The van der Waals surface area contributed by atoms with Gasteiger partial charge in [-0.3, -0.25) is 0 Å². The molecule has 1 aliphatic rings. The van der Waals surface area contributed by atoms with E-state index in [0.29, 0.717) is 26.2 Å². The summed E-state index contributed by atoms with van der Waals surface area (Å²) in [5.74, 6) is 0.239. The second-order valence-electron chi connectivity index (χ2n) is 4.42. The van der Waals surface area contributed by atoms with Crippen LogP contribution in [0.2, 0.25) is 0 Å². The summed E-state index contributed by atoms with van der Waals surface area (Å²) in [4.78, 5) is 0. The number of hydrogen-bond donors (Lipinski definition) is 1. The van der Waals surface area contributed by atoms with E-state index < -0.39 is 9.84 Å². The minimum absolute atomic E-state index is 0.0447. The molecule has 102 valence electrons. The fourth-order valence-electron chi connectivity index (χ4n) is 1.99. The van der Waals surface area contributed by atoms with Crippen LogP contribution >= 0.6 is 0 Å². The van der Waals surface area contributed by atoms with Crippen LogP contribution in [0.5, 0.6) is 0 Å². The maximum atomic E-state index is 11.1. The second kappa shape index (κ2) is 7.31. The van der Waals surface area contributed by atoms with Gasteiger partial charge >= 0.3 is 0 Å². The van der Waals surface area contributed by atoms with Gasteiger partial charge in [0, 0.05) is 18.1 Å². The zero-order valence-corrected chi connectivity index (χ0v) is 11.5. The Bertz CT molecular complexity index is 299. The molecule has 0 amide bonds. The zero-order valence-electron chi connectivity index (χ0n) is 10.6. The molecular weight excluding hydrogens is 242 g/mol. The van der Waals surface area contributed by atoms with E-state index in [1.807, 2.05) is 6.92 Å². The van der Waals surface area contributed by atoms with E-state index in [2.05, 4.69) is 5.32 Å². The number of likely N-dealkylation sites (N-methyl/N-ethyl adjacent to an activating group) is 1. The highest BCUT2D eigenvalue weighted by atomic mass is 32.2. The Morgan fingerprint density at radius 2 is 2.18 bits per heavy atom. The Morgan fingerprint density at radius 3 is 2.71 bits per heavy atom. The first-order valence-corrected chi connectivity index (χ1v) is 8.19. The first-order chi connectivity index (χ1) is 8.03. The van der Waals surface area contributed by atoms with Gasteiger partial charge < -0.3 is 14.8 Å². The third kappa shape index (κ3) is 6.35. The van der Waals surface area contributed by atoms with Crippen molar-refractivity contribution < 1.29 is 17.9 Å². The molecule has 6 heteroatoms. The minimum atomic E-state index is -2.87. The second-order valence-corrected chi connectivity index (χ2v) is 6.68. The summed E-state index contributed by atoms with van der Waals surface area (Å²) in [5.41, 5.74) is 0. The fourth-order valence-corrected chi connectivity index (χ4v) is 2.68. The maximum Gasteiger partial charge on any atom is 0.147 e. The molecule has 1 saturated heterocycles. The Morgan fingerprint density at radius 1 is 1.41 bits per heavy atom. The van der Waals surface area contributed by atoms with Crippen molar-refractivity contribution in [2.45, 2.75) is 31.9 Å². The van der Waals surface area contributed by atoms with Crippen molar-refractivity contribution in [3.05, 3.63) is 0 Å². The molecular formula is C11H23NO4S. The molecule has 2 atom stereocenters. The highest BCUT2D eigenvalue weighted by molar-refractivity contribution is 7.90. The monoisotopic (exact) mass is 265 g/mol. The van der Waals surface area contributed by atoms with Crippen molar-refractivity contribution in [3.63, 3.8) is 0 Å². The van der Waals surface area contributed by atoms with Gasteiger partial charge in [-0.1, -0.05) is 6.92 Å². The molecule has 0 spiro atoms. The Labute approximate surface area is 104 Å². The average molecular weight is 265 g/mol. The predicted molar refractivity (Wildman–Crippen MR) is 67.0 cm³/mol. The van der Waals surface area contributed by atoms with E-state index in [4.69, 9.17) is 9.47 Å². The first-order valence-electron chi connectivity index (χ1n) is 6.13. The topological polar surface area (TPSA) is 64.6 Å².